The average Bonchev–Trinajstić information content (AvgIpc) is 2.44. The molecule has 1 aromatic carbocycles. The van der Waals surface area contributed by atoms with Gasteiger partial charge in [0.1, 0.15) is 5.75 Å². The lowest BCUT2D eigenvalue weighted by molar-refractivity contribution is 0.415. The number of methoxy groups -OCH3 is 1. The molecule has 0 fully saturated rings. The lowest BCUT2D eigenvalue weighted by Crippen LogP contribution is -2.28. The lowest BCUT2D eigenvalue weighted by Gasteiger charge is -2.15. The Balaban J connectivity index is 2.46. The summed E-state index contributed by atoms with van der Waals surface area (Å²) in [6.45, 7) is 1.88. The van der Waals surface area contributed by atoms with Crippen LogP contribution in [-0.2, 0) is 7.05 Å². The van der Waals surface area contributed by atoms with Gasteiger partial charge in [0, 0.05) is 18.3 Å². The highest BCUT2D eigenvalue weighted by molar-refractivity contribution is 6.32. The third-order valence-electron chi connectivity index (χ3n) is 3.45. The van der Waals surface area contributed by atoms with Crippen LogP contribution in [0.15, 0.2) is 35.1 Å². The number of aromatic nitrogens is 1. The number of ether oxygens (including phenoxy) is 1. The van der Waals surface area contributed by atoms with Crippen LogP contribution in [0.25, 0.3) is 0 Å². The first-order chi connectivity index (χ1) is 9.45. The predicted molar refractivity (Wildman–Crippen MR) is 80.5 cm³/mol. The number of hydrogen-bond donors (Lipinski definition) is 1. The summed E-state index contributed by atoms with van der Waals surface area (Å²) in [6, 6.07) is 8.41. The van der Waals surface area contributed by atoms with E-state index < -0.39 is 6.04 Å². The summed E-state index contributed by atoms with van der Waals surface area (Å²) in [5.41, 5.74) is 8.29. The van der Waals surface area contributed by atoms with Crippen LogP contribution in [0, 0.1) is 6.92 Å². The van der Waals surface area contributed by atoms with Crippen molar-refractivity contribution in [3.8, 4) is 5.75 Å². The van der Waals surface area contributed by atoms with Crippen LogP contribution in [0.3, 0.4) is 0 Å². The van der Waals surface area contributed by atoms with E-state index in [0.717, 1.165) is 11.3 Å². The fourth-order valence-corrected chi connectivity index (χ4v) is 2.31. The molecule has 2 N–H and O–H groups in total. The molecule has 0 aliphatic carbocycles. The molecule has 20 heavy (non-hydrogen) atoms. The summed E-state index contributed by atoms with van der Waals surface area (Å²) < 4.78 is 6.69. The van der Waals surface area contributed by atoms with Gasteiger partial charge in [0.2, 0.25) is 0 Å². The molecule has 2 aromatic rings. The van der Waals surface area contributed by atoms with Crippen LogP contribution in [-0.4, -0.2) is 11.7 Å². The average molecular weight is 293 g/mol. The summed E-state index contributed by atoms with van der Waals surface area (Å²) in [5, 5.41) is 0.476. The number of nitrogens with two attached hydrogens (primary N) is 1. The van der Waals surface area contributed by atoms with Crippen molar-refractivity contribution >= 4 is 11.6 Å². The van der Waals surface area contributed by atoms with Crippen LogP contribution in [0.4, 0.5) is 0 Å². The maximum absolute atomic E-state index is 12.2. The van der Waals surface area contributed by atoms with Gasteiger partial charge in [-0.15, -0.1) is 0 Å². The van der Waals surface area contributed by atoms with Crippen molar-refractivity contribution in [1.29, 1.82) is 0 Å². The fourth-order valence-electron chi connectivity index (χ4n) is 2.04. The topological polar surface area (TPSA) is 57.2 Å². The molecule has 1 aromatic heterocycles. The Morgan fingerprint density at radius 3 is 2.60 bits per heavy atom. The minimum Gasteiger partial charge on any atom is -0.495 e. The molecule has 1 atom stereocenters. The first kappa shape index (κ1) is 14.6. The maximum Gasteiger partial charge on any atom is 0.255 e. The number of nitrogens with zero attached hydrogens (tertiary/aromatic N) is 1. The monoisotopic (exact) mass is 292 g/mol. The van der Waals surface area contributed by atoms with Gasteiger partial charge in [-0.2, -0.15) is 0 Å². The van der Waals surface area contributed by atoms with Crippen LogP contribution in [0.2, 0.25) is 5.02 Å². The fraction of sp³-hybridized carbons (Fsp3) is 0.267. The number of aryl methyl sites for hydroxylation is 1. The Morgan fingerprint density at radius 1 is 1.30 bits per heavy atom. The van der Waals surface area contributed by atoms with Crippen molar-refractivity contribution in [1.82, 2.24) is 4.57 Å². The number of halogens is 1. The molecule has 0 saturated carbocycles. The Hall–Kier alpha value is -1.78. The summed E-state index contributed by atoms with van der Waals surface area (Å²) in [6.07, 6.45) is 0. The van der Waals surface area contributed by atoms with Crippen molar-refractivity contribution in [3.63, 3.8) is 0 Å². The molecule has 0 amide bonds. The standard InChI is InChI=1S/C15H17ClN2O2/c1-9-4-6-11(15(19)18(9)2)14(17)10-5-7-13(20-3)12(16)8-10/h4-8,14H,17H2,1-3H3. The number of rotatable bonds is 3. The Kier molecular flexibility index (Phi) is 4.16. The quantitative estimate of drug-likeness (QED) is 0.945. The highest BCUT2D eigenvalue weighted by Gasteiger charge is 2.15. The molecule has 1 heterocycles. The molecule has 5 heteroatoms. The van der Waals surface area contributed by atoms with Gasteiger partial charge < -0.3 is 15.0 Å². The number of pyridine rings is 1. The molecule has 0 radical (unpaired) electrons. The van der Waals surface area contributed by atoms with E-state index in [1.165, 1.54) is 0 Å². The first-order valence-corrected chi connectivity index (χ1v) is 6.59. The lowest BCUT2D eigenvalue weighted by atomic mass is 10.0. The third-order valence-corrected chi connectivity index (χ3v) is 3.75. The molecule has 2 rings (SSSR count). The highest BCUT2D eigenvalue weighted by atomic mass is 35.5. The van der Waals surface area contributed by atoms with Crippen LogP contribution in [0.1, 0.15) is 22.9 Å². The predicted octanol–water partition coefficient (Wildman–Crippen LogP) is 2.40. The molecule has 1 unspecified atom stereocenters. The normalized spacial score (nSPS) is 12.2. The molecule has 106 valence electrons. The van der Waals surface area contributed by atoms with Crippen molar-refractivity contribution in [2.45, 2.75) is 13.0 Å². The first-order valence-electron chi connectivity index (χ1n) is 6.21. The van der Waals surface area contributed by atoms with E-state index in [1.54, 1.807) is 36.9 Å². The summed E-state index contributed by atoms with van der Waals surface area (Å²) >= 11 is 6.09. The molecule has 4 nitrogen and oxygen atoms in total. The minimum absolute atomic E-state index is 0.0931. The third kappa shape index (κ3) is 2.57. The minimum atomic E-state index is -0.516. The smallest absolute Gasteiger partial charge is 0.255 e. The zero-order chi connectivity index (χ0) is 14.9. The molecule has 0 aliphatic rings. The van der Waals surface area contributed by atoms with E-state index in [4.69, 9.17) is 22.1 Å². The highest BCUT2D eigenvalue weighted by Crippen LogP contribution is 2.28. The molecule has 0 aliphatic heterocycles. The Morgan fingerprint density at radius 2 is 2.00 bits per heavy atom. The zero-order valence-corrected chi connectivity index (χ0v) is 12.4. The SMILES string of the molecule is COc1ccc(C(N)c2ccc(C)n(C)c2=O)cc1Cl. The molecular formula is C15H17ClN2O2. The summed E-state index contributed by atoms with van der Waals surface area (Å²) in [5.74, 6) is 0.583. The van der Waals surface area contributed by atoms with E-state index in [0.29, 0.717) is 16.3 Å². The Labute approximate surface area is 122 Å². The largest absolute Gasteiger partial charge is 0.495 e. The molecular weight excluding hydrogens is 276 g/mol. The second kappa shape index (κ2) is 5.69. The van der Waals surface area contributed by atoms with E-state index in [2.05, 4.69) is 0 Å². The van der Waals surface area contributed by atoms with Crippen molar-refractivity contribution in [2.75, 3.05) is 7.11 Å². The van der Waals surface area contributed by atoms with E-state index in [1.807, 2.05) is 19.1 Å². The summed E-state index contributed by atoms with van der Waals surface area (Å²) in [4.78, 5) is 12.2. The van der Waals surface area contributed by atoms with Crippen LogP contribution in [0.5, 0.6) is 5.75 Å². The van der Waals surface area contributed by atoms with Gasteiger partial charge >= 0.3 is 0 Å². The molecule has 0 saturated heterocycles. The van der Waals surface area contributed by atoms with Crippen molar-refractivity contribution in [3.05, 3.63) is 62.5 Å². The van der Waals surface area contributed by atoms with Gasteiger partial charge in [-0.3, -0.25) is 4.79 Å². The van der Waals surface area contributed by atoms with Crippen LogP contribution >= 0.6 is 11.6 Å². The van der Waals surface area contributed by atoms with Gasteiger partial charge in [-0.05, 0) is 36.8 Å². The van der Waals surface area contributed by atoms with Crippen molar-refractivity contribution < 1.29 is 4.74 Å². The summed E-state index contributed by atoms with van der Waals surface area (Å²) in [7, 11) is 3.28. The van der Waals surface area contributed by atoms with Gasteiger partial charge in [0.25, 0.3) is 5.56 Å². The second-order valence-electron chi connectivity index (χ2n) is 4.67. The Bertz CT molecular complexity index is 695. The van der Waals surface area contributed by atoms with Gasteiger partial charge in [0.15, 0.2) is 0 Å². The van der Waals surface area contributed by atoms with E-state index in [-0.39, 0.29) is 5.56 Å². The number of benzene rings is 1. The van der Waals surface area contributed by atoms with Gasteiger partial charge in [-0.25, -0.2) is 0 Å². The number of hydrogen-bond acceptors (Lipinski definition) is 3. The zero-order valence-electron chi connectivity index (χ0n) is 11.7. The van der Waals surface area contributed by atoms with Crippen molar-refractivity contribution in [2.24, 2.45) is 12.8 Å². The molecule has 0 bridgehead atoms. The van der Waals surface area contributed by atoms with Crippen LogP contribution < -0.4 is 16.0 Å². The van der Waals surface area contributed by atoms with E-state index >= 15 is 0 Å². The van der Waals surface area contributed by atoms with Gasteiger partial charge in [-0.1, -0.05) is 17.7 Å². The molecule has 0 spiro atoms. The maximum atomic E-state index is 12.2. The van der Waals surface area contributed by atoms with Gasteiger partial charge in [0.05, 0.1) is 18.2 Å². The van der Waals surface area contributed by atoms with E-state index in [9.17, 15) is 4.79 Å². The second-order valence-corrected chi connectivity index (χ2v) is 5.07.